The number of epoxide rings is 2. The average molecular weight is 438 g/mol. The van der Waals surface area contributed by atoms with Crippen LogP contribution in [0.2, 0.25) is 17.6 Å². The molecule has 0 spiro atoms. The van der Waals surface area contributed by atoms with Crippen LogP contribution in [0, 0.1) is 6.61 Å². The van der Waals surface area contributed by atoms with Gasteiger partial charge in [-0.3, -0.25) is 0 Å². The van der Waals surface area contributed by atoms with Gasteiger partial charge in [-0.2, -0.15) is 0 Å². The van der Waals surface area contributed by atoms with E-state index in [1.807, 2.05) is 6.61 Å². The van der Waals surface area contributed by atoms with E-state index in [9.17, 15) is 0 Å². The molecule has 2 heterocycles. The summed E-state index contributed by atoms with van der Waals surface area (Å²) in [5.74, 6) is 0. The summed E-state index contributed by atoms with van der Waals surface area (Å²) in [5.41, 5.74) is 0.117. The van der Waals surface area contributed by atoms with Crippen LogP contribution in [0.4, 0.5) is 0 Å². The Morgan fingerprint density at radius 3 is 2.14 bits per heavy atom. The van der Waals surface area contributed by atoms with Crippen LogP contribution in [0.25, 0.3) is 0 Å². The summed E-state index contributed by atoms with van der Waals surface area (Å²) in [6.45, 7) is 6.72. The molecular formula is C18H37O8Si2. The van der Waals surface area contributed by atoms with E-state index in [0.717, 1.165) is 31.7 Å². The SMILES string of the molecule is CC[Si](CCC(OCC1CO1)C(C[CH]OCC1CO1)[SiH](OC)OC)(OC)OC. The first kappa shape index (κ1) is 24.4. The van der Waals surface area contributed by atoms with E-state index in [2.05, 4.69) is 6.92 Å². The largest absolute Gasteiger partial charge is 0.400 e. The monoisotopic (exact) mass is 437 g/mol. The van der Waals surface area contributed by atoms with Crippen LogP contribution in [0.1, 0.15) is 19.8 Å². The lowest BCUT2D eigenvalue weighted by molar-refractivity contribution is 0.0215. The minimum Gasteiger partial charge on any atom is -0.400 e. The zero-order chi connectivity index (χ0) is 20.4. The van der Waals surface area contributed by atoms with Gasteiger partial charge in [-0.25, -0.2) is 0 Å². The van der Waals surface area contributed by atoms with Gasteiger partial charge in [-0.15, -0.1) is 0 Å². The summed E-state index contributed by atoms with van der Waals surface area (Å²) in [4.78, 5) is 0. The number of rotatable bonds is 18. The summed E-state index contributed by atoms with van der Waals surface area (Å²) in [7, 11) is 2.76. The van der Waals surface area contributed by atoms with E-state index >= 15 is 0 Å². The molecule has 0 aromatic carbocycles. The second-order valence-corrected chi connectivity index (χ2v) is 13.6. The van der Waals surface area contributed by atoms with Crippen molar-refractivity contribution in [2.45, 2.75) is 55.7 Å². The molecule has 0 bridgehead atoms. The average Bonchev–Trinajstić information content (AvgIpc) is 3.63. The molecule has 0 N–H and O–H groups in total. The number of hydrogen-bond donors (Lipinski definition) is 0. The molecule has 0 amide bonds. The van der Waals surface area contributed by atoms with Crippen molar-refractivity contribution in [2.75, 3.05) is 54.9 Å². The van der Waals surface area contributed by atoms with Crippen molar-refractivity contribution in [3.8, 4) is 0 Å². The van der Waals surface area contributed by atoms with Crippen molar-refractivity contribution in [3.05, 3.63) is 6.61 Å². The summed E-state index contributed by atoms with van der Waals surface area (Å²) >= 11 is 0. The second kappa shape index (κ2) is 12.7. The number of ether oxygens (including phenoxy) is 4. The van der Waals surface area contributed by atoms with Crippen molar-refractivity contribution in [3.63, 3.8) is 0 Å². The molecule has 4 atom stereocenters. The Balaban J connectivity index is 1.98. The van der Waals surface area contributed by atoms with Gasteiger partial charge in [-0.1, -0.05) is 6.92 Å². The van der Waals surface area contributed by atoms with Crippen LogP contribution in [0.3, 0.4) is 0 Å². The first-order valence-electron chi connectivity index (χ1n) is 10.0. The molecule has 1 radical (unpaired) electrons. The van der Waals surface area contributed by atoms with Gasteiger partial charge in [-0.05, 0) is 24.9 Å². The normalized spacial score (nSPS) is 23.8. The van der Waals surface area contributed by atoms with Crippen LogP contribution in [0.5, 0.6) is 0 Å². The van der Waals surface area contributed by atoms with E-state index in [0.29, 0.717) is 19.6 Å². The predicted octanol–water partition coefficient (Wildman–Crippen LogP) is 1.77. The maximum atomic E-state index is 6.29. The molecule has 10 heteroatoms. The Hall–Kier alpha value is 0.114. The van der Waals surface area contributed by atoms with Crippen LogP contribution >= 0.6 is 0 Å². The Labute approximate surface area is 172 Å². The lowest BCUT2D eigenvalue weighted by atomic mass is 10.1. The highest BCUT2D eigenvalue weighted by atomic mass is 28.4. The van der Waals surface area contributed by atoms with E-state index in [1.54, 1.807) is 28.4 Å². The van der Waals surface area contributed by atoms with Crippen LogP contribution < -0.4 is 0 Å². The zero-order valence-corrected chi connectivity index (χ0v) is 20.0. The van der Waals surface area contributed by atoms with Gasteiger partial charge in [0.15, 0.2) is 0 Å². The van der Waals surface area contributed by atoms with Gasteiger partial charge in [0.25, 0.3) is 0 Å². The second-order valence-electron chi connectivity index (χ2n) is 7.23. The number of hydrogen-bond acceptors (Lipinski definition) is 8. The third-order valence-corrected chi connectivity index (χ3v) is 11.4. The molecule has 28 heavy (non-hydrogen) atoms. The molecule has 2 rings (SSSR count). The fourth-order valence-corrected chi connectivity index (χ4v) is 7.44. The summed E-state index contributed by atoms with van der Waals surface area (Å²) in [5, 5.41) is 0. The molecule has 2 saturated heterocycles. The van der Waals surface area contributed by atoms with Crippen molar-refractivity contribution in [1.82, 2.24) is 0 Å². The quantitative estimate of drug-likeness (QED) is 0.182. The van der Waals surface area contributed by atoms with Crippen molar-refractivity contribution >= 4 is 17.8 Å². The molecule has 0 aromatic rings. The molecule has 4 unspecified atom stereocenters. The minimum atomic E-state index is -2.20. The zero-order valence-electron chi connectivity index (χ0n) is 17.9. The smallest absolute Gasteiger partial charge is 0.337 e. The van der Waals surface area contributed by atoms with Gasteiger partial charge < -0.3 is 36.7 Å². The van der Waals surface area contributed by atoms with E-state index in [1.165, 1.54) is 0 Å². The van der Waals surface area contributed by atoms with Gasteiger partial charge in [0.1, 0.15) is 12.2 Å². The molecule has 2 aliphatic rings. The first-order chi connectivity index (χ1) is 13.6. The third-order valence-electron chi connectivity index (χ3n) is 5.45. The first-order valence-corrected chi connectivity index (χ1v) is 13.9. The highest BCUT2D eigenvalue weighted by Gasteiger charge is 2.39. The molecule has 0 aliphatic carbocycles. The molecule has 2 aliphatic heterocycles. The molecule has 2 fully saturated rings. The lowest BCUT2D eigenvalue weighted by Gasteiger charge is -2.33. The third kappa shape index (κ3) is 8.09. The minimum absolute atomic E-state index is 0.0264. The van der Waals surface area contributed by atoms with E-state index in [4.69, 9.17) is 36.7 Å². The van der Waals surface area contributed by atoms with E-state index in [-0.39, 0.29) is 23.9 Å². The van der Waals surface area contributed by atoms with Gasteiger partial charge in [0, 0.05) is 34.0 Å². The van der Waals surface area contributed by atoms with Gasteiger partial charge in [0.2, 0.25) is 0 Å². The summed E-state index contributed by atoms with van der Waals surface area (Å²) < 4.78 is 45.5. The Morgan fingerprint density at radius 2 is 1.64 bits per heavy atom. The fraction of sp³-hybridized carbons (Fsp3) is 0.944. The van der Waals surface area contributed by atoms with Crippen molar-refractivity contribution in [1.29, 1.82) is 0 Å². The van der Waals surface area contributed by atoms with Crippen molar-refractivity contribution in [2.24, 2.45) is 0 Å². The molecule has 0 aromatic heterocycles. The fourth-order valence-electron chi connectivity index (χ4n) is 3.33. The van der Waals surface area contributed by atoms with Crippen LogP contribution in [0.15, 0.2) is 0 Å². The maximum Gasteiger partial charge on any atom is 0.337 e. The molecule has 8 nitrogen and oxygen atoms in total. The maximum absolute atomic E-state index is 6.29. The standard InChI is InChI=1S/C18H37O8Si2/c1-6-28(21-4,22-5)10-8-17(26-14-16-13-25-16)18(27(19-2)20-3)7-9-23-11-15-12-24-15/h9,15-18,27H,6-8,10-14H2,1-5H3. The van der Waals surface area contributed by atoms with Gasteiger partial charge >= 0.3 is 17.8 Å². The van der Waals surface area contributed by atoms with Crippen LogP contribution in [-0.4, -0.2) is 91.0 Å². The lowest BCUT2D eigenvalue weighted by Crippen LogP contribution is -2.42. The Kier molecular flexibility index (Phi) is 11.1. The highest BCUT2D eigenvalue weighted by Crippen LogP contribution is 2.32. The molecular weight excluding hydrogens is 400 g/mol. The van der Waals surface area contributed by atoms with Crippen LogP contribution in [-0.2, 0) is 36.7 Å². The topological polar surface area (TPSA) is 80.4 Å². The van der Waals surface area contributed by atoms with Crippen molar-refractivity contribution < 1.29 is 36.7 Å². The highest BCUT2D eigenvalue weighted by molar-refractivity contribution is 6.67. The molecule has 165 valence electrons. The Bertz CT molecular complexity index is 406. The molecule has 0 saturated carbocycles. The van der Waals surface area contributed by atoms with E-state index < -0.39 is 17.8 Å². The Morgan fingerprint density at radius 1 is 1.04 bits per heavy atom. The summed E-state index contributed by atoms with van der Waals surface area (Å²) in [6.07, 6.45) is 1.96. The predicted molar refractivity (Wildman–Crippen MR) is 109 cm³/mol. The summed E-state index contributed by atoms with van der Waals surface area (Å²) in [6, 6.07) is 1.75. The van der Waals surface area contributed by atoms with Gasteiger partial charge in [0.05, 0.1) is 39.1 Å².